The van der Waals surface area contributed by atoms with E-state index in [9.17, 15) is 4.79 Å². The number of rotatable bonds is 5. The van der Waals surface area contributed by atoms with Gasteiger partial charge in [0.25, 0.3) is 0 Å². The predicted molar refractivity (Wildman–Crippen MR) is 119 cm³/mol. The molecule has 6 heteroatoms. The third-order valence-electron chi connectivity index (χ3n) is 5.87. The Morgan fingerprint density at radius 2 is 1.55 bits per heavy atom. The van der Waals surface area contributed by atoms with E-state index < -0.39 is 5.60 Å². The monoisotopic (exact) mass is 403 g/mol. The van der Waals surface area contributed by atoms with Crippen molar-refractivity contribution in [2.24, 2.45) is 5.92 Å². The maximum Gasteiger partial charge on any atom is 0.494 e. The Hall–Kier alpha value is -1.53. The summed E-state index contributed by atoms with van der Waals surface area (Å²) in [5, 5.41) is 0. The van der Waals surface area contributed by atoms with Crippen LogP contribution in [0.2, 0.25) is 0 Å². The van der Waals surface area contributed by atoms with Crippen molar-refractivity contribution in [2.45, 2.75) is 85.0 Å². The summed E-state index contributed by atoms with van der Waals surface area (Å²) in [7, 11) is 1.43. The smallest absolute Gasteiger partial charge is 0.444 e. The summed E-state index contributed by atoms with van der Waals surface area (Å²) in [6.45, 7) is 18.8. The summed E-state index contributed by atoms with van der Waals surface area (Å²) >= 11 is 0. The van der Waals surface area contributed by atoms with E-state index in [4.69, 9.17) is 14.0 Å². The van der Waals surface area contributed by atoms with E-state index in [1.54, 1.807) is 11.9 Å². The molecule has 0 radical (unpaired) electrons. The number of nitrogens with zero attached hydrogens (tertiary/aromatic N) is 1. The molecule has 0 aliphatic carbocycles. The lowest BCUT2D eigenvalue weighted by Gasteiger charge is -2.32. The van der Waals surface area contributed by atoms with Crippen LogP contribution in [0.5, 0.6) is 0 Å². The summed E-state index contributed by atoms with van der Waals surface area (Å²) in [6, 6.07) is 8.38. The number of ether oxygens (including phenoxy) is 1. The van der Waals surface area contributed by atoms with Gasteiger partial charge >= 0.3 is 13.2 Å². The number of hydrogen-bond acceptors (Lipinski definition) is 4. The zero-order valence-electron chi connectivity index (χ0n) is 19.8. The SMILES string of the molecule is CC(C)C(CN(C)C(=O)OC(C)(C)C)c1ccc(B2OC(C)(C)C(C)(C)O2)cc1. The third-order valence-corrected chi connectivity index (χ3v) is 5.87. The van der Waals surface area contributed by atoms with Crippen LogP contribution >= 0.6 is 0 Å². The van der Waals surface area contributed by atoms with Crippen molar-refractivity contribution in [3.63, 3.8) is 0 Å². The maximum atomic E-state index is 12.4. The molecule has 1 unspecified atom stereocenters. The Balaban J connectivity index is 2.12. The Morgan fingerprint density at radius 3 is 1.97 bits per heavy atom. The number of carbonyl (C=O) groups excluding carboxylic acids is 1. The number of amides is 1. The van der Waals surface area contributed by atoms with Gasteiger partial charge in [0.15, 0.2) is 0 Å². The first-order chi connectivity index (χ1) is 13.1. The Kier molecular flexibility index (Phi) is 6.80. The molecule has 1 fully saturated rings. The van der Waals surface area contributed by atoms with Crippen LogP contribution in [0.1, 0.15) is 73.8 Å². The van der Waals surface area contributed by atoms with Gasteiger partial charge in [0, 0.05) is 19.5 Å². The van der Waals surface area contributed by atoms with Gasteiger partial charge in [0.1, 0.15) is 5.60 Å². The van der Waals surface area contributed by atoms with Crippen molar-refractivity contribution >= 4 is 18.7 Å². The predicted octanol–water partition coefficient (Wildman–Crippen LogP) is 4.59. The first-order valence-electron chi connectivity index (χ1n) is 10.5. The van der Waals surface area contributed by atoms with Gasteiger partial charge in [-0.3, -0.25) is 0 Å². The van der Waals surface area contributed by atoms with Gasteiger partial charge in [-0.1, -0.05) is 38.1 Å². The van der Waals surface area contributed by atoms with Crippen LogP contribution < -0.4 is 5.46 Å². The third kappa shape index (κ3) is 5.76. The molecule has 0 saturated carbocycles. The van der Waals surface area contributed by atoms with E-state index in [1.807, 2.05) is 20.8 Å². The van der Waals surface area contributed by atoms with Gasteiger partial charge < -0.3 is 18.9 Å². The summed E-state index contributed by atoms with van der Waals surface area (Å²) in [6.07, 6.45) is -0.294. The molecule has 1 atom stereocenters. The fraction of sp³-hybridized carbons (Fsp3) is 0.696. The van der Waals surface area contributed by atoms with Crippen LogP contribution in [0.3, 0.4) is 0 Å². The average Bonchev–Trinajstić information content (AvgIpc) is 2.78. The molecule has 1 heterocycles. The minimum atomic E-state index is -0.497. The number of carbonyl (C=O) groups is 1. The van der Waals surface area contributed by atoms with Crippen molar-refractivity contribution in [3.8, 4) is 0 Å². The minimum absolute atomic E-state index is 0.208. The standard InChI is InChI=1S/C23H38BNO4/c1-16(2)19(15-25(10)20(26)27-21(3,4)5)17-11-13-18(14-12-17)24-28-22(6,7)23(8,9)29-24/h11-14,16,19H,15H2,1-10H3. The molecule has 0 bridgehead atoms. The highest BCUT2D eigenvalue weighted by molar-refractivity contribution is 6.62. The fourth-order valence-electron chi connectivity index (χ4n) is 3.29. The van der Waals surface area contributed by atoms with E-state index >= 15 is 0 Å². The lowest BCUT2D eigenvalue weighted by Crippen LogP contribution is -2.41. The second kappa shape index (κ2) is 8.31. The zero-order valence-corrected chi connectivity index (χ0v) is 19.8. The van der Waals surface area contributed by atoms with E-state index in [-0.39, 0.29) is 30.3 Å². The number of likely N-dealkylation sites (N-methyl/N-ethyl adjacent to an activating group) is 1. The van der Waals surface area contributed by atoms with Gasteiger partial charge in [0.2, 0.25) is 0 Å². The van der Waals surface area contributed by atoms with Crippen molar-refractivity contribution in [2.75, 3.05) is 13.6 Å². The molecular weight excluding hydrogens is 365 g/mol. The highest BCUT2D eigenvalue weighted by atomic mass is 16.7. The van der Waals surface area contributed by atoms with Crippen LogP contribution in [0.4, 0.5) is 4.79 Å². The zero-order chi connectivity index (χ0) is 22.2. The Bertz CT molecular complexity index is 691. The van der Waals surface area contributed by atoms with E-state index in [0.717, 1.165) is 5.46 Å². The molecule has 0 spiro atoms. The fourth-order valence-corrected chi connectivity index (χ4v) is 3.29. The van der Waals surface area contributed by atoms with Crippen molar-refractivity contribution in [1.29, 1.82) is 0 Å². The Morgan fingerprint density at radius 1 is 1.07 bits per heavy atom. The first kappa shape index (κ1) is 23.8. The molecule has 0 N–H and O–H groups in total. The molecule has 5 nitrogen and oxygen atoms in total. The largest absolute Gasteiger partial charge is 0.494 e. The molecule has 29 heavy (non-hydrogen) atoms. The van der Waals surface area contributed by atoms with Crippen LogP contribution in [-0.2, 0) is 14.0 Å². The lowest BCUT2D eigenvalue weighted by molar-refractivity contribution is 0.00578. The molecule has 1 aromatic rings. The molecule has 1 aromatic carbocycles. The van der Waals surface area contributed by atoms with E-state index in [2.05, 4.69) is 65.8 Å². The van der Waals surface area contributed by atoms with Crippen LogP contribution in [-0.4, -0.2) is 48.5 Å². The van der Waals surface area contributed by atoms with E-state index in [0.29, 0.717) is 12.5 Å². The van der Waals surface area contributed by atoms with Gasteiger partial charge in [-0.2, -0.15) is 0 Å². The van der Waals surface area contributed by atoms with Crippen LogP contribution in [0.25, 0.3) is 0 Å². The second-order valence-electron chi connectivity index (χ2n) is 10.5. The molecule has 1 aliphatic rings. The van der Waals surface area contributed by atoms with Gasteiger partial charge in [-0.05, 0) is 65.4 Å². The van der Waals surface area contributed by atoms with Crippen molar-refractivity contribution < 1.29 is 18.8 Å². The summed E-state index contributed by atoms with van der Waals surface area (Å²) in [4.78, 5) is 14.0. The van der Waals surface area contributed by atoms with Crippen molar-refractivity contribution in [1.82, 2.24) is 4.90 Å². The topological polar surface area (TPSA) is 48.0 Å². The summed E-state index contributed by atoms with van der Waals surface area (Å²) < 4.78 is 17.8. The van der Waals surface area contributed by atoms with Gasteiger partial charge in [0.05, 0.1) is 11.2 Å². The highest BCUT2D eigenvalue weighted by Gasteiger charge is 2.51. The molecule has 0 aromatic heterocycles. The average molecular weight is 403 g/mol. The molecule has 1 amide bonds. The molecule has 162 valence electrons. The number of benzene rings is 1. The van der Waals surface area contributed by atoms with Gasteiger partial charge in [-0.15, -0.1) is 0 Å². The normalized spacial score (nSPS) is 19.3. The van der Waals surface area contributed by atoms with Crippen LogP contribution in [0, 0.1) is 5.92 Å². The molecule has 1 aliphatic heterocycles. The molecule has 1 saturated heterocycles. The summed E-state index contributed by atoms with van der Waals surface area (Å²) in [5.41, 5.74) is 0.995. The van der Waals surface area contributed by atoms with Crippen LogP contribution in [0.15, 0.2) is 24.3 Å². The summed E-state index contributed by atoms with van der Waals surface area (Å²) in [5.74, 6) is 0.586. The molecule has 2 rings (SSSR count). The lowest BCUT2D eigenvalue weighted by atomic mass is 9.77. The minimum Gasteiger partial charge on any atom is -0.444 e. The molecular formula is C23H38BNO4. The first-order valence-corrected chi connectivity index (χ1v) is 10.5. The van der Waals surface area contributed by atoms with Gasteiger partial charge in [-0.25, -0.2) is 4.79 Å². The second-order valence-corrected chi connectivity index (χ2v) is 10.5. The number of hydrogen-bond donors (Lipinski definition) is 0. The maximum absolute atomic E-state index is 12.4. The quantitative estimate of drug-likeness (QED) is 0.675. The highest BCUT2D eigenvalue weighted by Crippen LogP contribution is 2.36. The van der Waals surface area contributed by atoms with Crippen molar-refractivity contribution in [3.05, 3.63) is 29.8 Å². The van der Waals surface area contributed by atoms with E-state index in [1.165, 1.54) is 5.56 Å². The Labute approximate surface area is 177 Å².